The van der Waals surface area contributed by atoms with Crippen LogP contribution >= 0.6 is 11.6 Å². The lowest BCUT2D eigenvalue weighted by Gasteiger charge is -2.25. The summed E-state index contributed by atoms with van der Waals surface area (Å²) >= 11 is 6.00. The number of fused-ring (bicyclic) bond motifs is 2. The summed E-state index contributed by atoms with van der Waals surface area (Å²) < 4.78 is 5.92. The van der Waals surface area contributed by atoms with Crippen molar-refractivity contribution in [1.82, 2.24) is 4.90 Å². The summed E-state index contributed by atoms with van der Waals surface area (Å²) in [7, 11) is 0. The van der Waals surface area contributed by atoms with E-state index in [1.165, 1.54) is 0 Å². The standard InChI is InChI=1S/C24H16ClNO3/c25-17-12-10-15(11-13-17)14-26-21(16-6-2-1-3-7-16)20-22(27)18-8-4-5-9-19(18)29-23(20)24(26)28/h1-13,21H,14H2. The molecule has 5 rings (SSSR count). The van der Waals surface area contributed by atoms with Crippen LogP contribution < -0.4 is 5.43 Å². The molecule has 0 aliphatic carbocycles. The van der Waals surface area contributed by atoms with Gasteiger partial charge in [-0.25, -0.2) is 0 Å². The number of amides is 1. The van der Waals surface area contributed by atoms with Gasteiger partial charge >= 0.3 is 0 Å². The Bertz CT molecular complexity index is 1280. The second kappa shape index (κ2) is 6.90. The Hall–Kier alpha value is -3.37. The van der Waals surface area contributed by atoms with E-state index in [0.29, 0.717) is 28.1 Å². The van der Waals surface area contributed by atoms with Gasteiger partial charge in [0.15, 0.2) is 5.43 Å². The molecule has 0 spiro atoms. The maximum Gasteiger partial charge on any atom is 0.291 e. The molecule has 0 radical (unpaired) electrons. The van der Waals surface area contributed by atoms with Crippen molar-refractivity contribution in [2.75, 3.05) is 0 Å². The molecule has 4 aromatic rings. The van der Waals surface area contributed by atoms with Crippen LogP contribution in [-0.2, 0) is 6.54 Å². The van der Waals surface area contributed by atoms with E-state index in [1.807, 2.05) is 42.5 Å². The lowest BCUT2D eigenvalue weighted by atomic mass is 9.98. The van der Waals surface area contributed by atoms with Crippen LogP contribution in [0.1, 0.15) is 33.3 Å². The molecule has 2 heterocycles. The highest BCUT2D eigenvalue weighted by Gasteiger charge is 2.42. The smallest absolute Gasteiger partial charge is 0.291 e. The lowest BCUT2D eigenvalue weighted by Crippen LogP contribution is -2.29. The first-order chi connectivity index (χ1) is 14.1. The first kappa shape index (κ1) is 17.7. The van der Waals surface area contributed by atoms with Crippen molar-refractivity contribution in [3.05, 3.63) is 117 Å². The van der Waals surface area contributed by atoms with Crippen molar-refractivity contribution < 1.29 is 9.21 Å². The molecule has 1 atom stereocenters. The number of para-hydroxylation sites is 1. The van der Waals surface area contributed by atoms with Gasteiger partial charge in [0, 0.05) is 11.6 Å². The molecular formula is C24H16ClNO3. The Labute approximate surface area is 172 Å². The molecular weight excluding hydrogens is 386 g/mol. The minimum Gasteiger partial charge on any atom is -0.450 e. The van der Waals surface area contributed by atoms with Gasteiger partial charge in [-0.05, 0) is 35.4 Å². The van der Waals surface area contributed by atoms with Gasteiger partial charge in [0.1, 0.15) is 5.58 Å². The van der Waals surface area contributed by atoms with E-state index in [2.05, 4.69) is 0 Å². The summed E-state index contributed by atoms with van der Waals surface area (Å²) in [6, 6.07) is 23.4. The van der Waals surface area contributed by atoms with Gasteiger partial charge < -0.3 is 9.32 Å². The molecule has 1 unspecified atom stereocenters. The third-order valence-corrected chi connectivity index (χ3v) is 5.51. The third kappa shape index (κ3) is 2.93. The van der Waals surface area contributed by atoms with Crippen LogP contribution in [0.4, 0.5) is 0 Å². The number of hydrogen-bond donors (Lipinski definition) is 0. The van der Waals surface area contributed by atoms with Crippen molar-refractivity contribution in [2.24, 2.45) is 0 Å². The van der Waals surface area contributed by atoms with Crippen LogP contribution in [0, 0.1) is 0 Å². The number of nitrogens with zero attached hydrogens (tertiary/aromatic N) is 1. The summed E-state index contributed by atoms with van der Waals surface area (Å²) in [6.45, 7) is 0.343. The molecule has 1 aliphatic heterocycles. The van der Waals surface area contributed by atoms with Crippen LogP contribution in [0.3, 0.4) is 0 Å². The van der Waals surface area contributed by atoms with E-state index in [4.69, 9.17) is 16.0 Å². The fourth-order valence-electron chi connectivity index (χ4n) is 3.90. The molecule has 1 amide bonds. The molecule has 0 N–H and O–H groups in total. The molecule has 29 heavy (non-hydrogen) atoms. The summed E-state index contributed by atoms with van der Waals surface area (Å²) in [4.78, 5) is 28.3. The van der Waals surface area contributed by atoms with Gasteiger partial charge in [0.2, 0.25) is 5.76 Å². The topological polar surface area (TPSA) is 50.5 Å². The minimum absolute atomic E-state index is 0.122. The molecule has 3 aromatic carbocycles. The molecule has 5 heteroatoms. The van der Waals surface area contributed by atoms with E-state index in [1.54, 1.807) is 41.3 Å². The summed E-state index contributed by atoms with van der Waals surface area (Å²) in [6.07, 6.45) is 0. The largest absolute Gasteiger partial charge is 0.450 e. The predicted molar refractivity (Wildman–Crippen MR) is 112 cm³/mol. The average molecular weight is 402 g/mol. The second-order valence-corrected chi connectivity index (χ2v) is 7.48. The van der Waals surface area contributed by atoms with Crippen LogP contribution in [0.25, 0.3) is 11.0 Å². The zero-order chi connectivity index (χ0) is 20.0. The number of carbonyl (C=O) groups is 1. The third-order valence-electron chi connectivity index (χ3n) is 5.25. The molecule has 4 nitrogen and oxygen atoms in total. The Morgan fingerprint density at radius 2 is 1.55 bits per heavy atom. The number of halogens is 1. The summed E-state index contributed by atoms with van der Waals surface area (Å²) in [5.74, 6) is -0.164. The molecule has 1 aromatic heterocycles. The van der Waals surface area contributed by atoms with Crippen molar-refractivity contribution in [2.45, 2.75) is 12.6 Å². The fourth-order valence-corrected chi connectivity index (χ4v) is 4.02. The highest BCUT2D eigenvalue weighted by molar-refractivity contribution is 6.30. The highest BCUT2D eigenvalue weighted by Crippen LogP contribution is 2.39. The molecule has 0 saturated carbocycles. The van der Waals surface area contributed by atoms with Gasteiger partial charge in [0.25, 0.3) is 5.91 Å². The zero-order valence-corrected chi connectivity index (χ0v) is 16.1. The van der Waals surface area contributed by atoms with Crippen LogP contribution in [0.2, 0.25) is 5.02 Å². The first-order valence-corrected chi connectivity index (χ1v) is 9.67. The monoisotopic (exact) mass is 401 g/mol. The van der Waals surface area contributed by atoms with E-state index in [9.17, 15) is 9.59 Å². The lowest BCUT2D eigenvalue weighted by molar-refractivity contribution is 0.0714. The van der Waals surface area contributed by atoms with Crippen LogP contribution in [0.5, 0.6) is 0 Å². The number of carbonyl (C=O) groups excluding carboxylic acids is 1. The van der Waals surface area contributed by atoms with E-state index in [-0.39, 0.29) is 17.1 Å². The number of hydrogen-bond acceptors (Lipinski definition) is 3. The fraction of sp³-hybridized carbons (Fsp3) is 0.0833. The van der Waals surface area contributed by atoms with Gasteiger partial charge in [-0.1, -0.05) is 66.2 Å². The Kier molecular flexibility index (Phi) is 4.22. The van der Waals surface area contributed by atoms with Crippen LogP contribution in [-0.4, -0.2) is 10.8 Å². The number of benzene rings is 3. The molecule has 142 valence electrons. The van der Waals surface area contributed by atoms with E-state index < -0.39 is 6.04 Å². The zero-order valence-electron chi connectivity index (χ0n) is 15.3. The molecule has 0 saturated heterocycles. The Morgan fingerprint density at radius 1 is 0.862 bits per heavy atom. The average Bonchev–Trinajstić information content (AvgIpc) is 3.03. The first-order valence-electron chi connectivity index (χ1n) is 9.29. The number of rotatable bonds is 3. The van der Waals surface area contributed by atoms with Crippen molar-refractivity contribution in [3.8, 4) is 0 Å². The molecule has 0 bridgehead atoms. The van der Waals surface area contributed by atoms with Gasteiger partial charge in [-0.3, -0.25) is 9.59 Å². The van der Waals surface area contributed by atoms with Crippen molar-refractivity contribution >= 4 is 28.5 Å². The predicted octanol–water partition coefficient (Wildman–Crippen LogP) is 5.19. The maximum atomic E-state index is 13.3. The van der Waals surface area contributed by atoms with Crippen molar-refractivity contribution in [1.29, 1.82) is 0 Å². The quantitative estimate of drug-likeness (QED) is 0.474. The normalized spacial score (nSPS) is 15.7. The van der Waals surface area contributed by atoms with Gasteiger partial charge in [-0.15, -0.1) is 0 Å². The van der Waals surface area contributed by atoms with Crippen LogP contribution in [0.15, 0.2) is 88.1 Å². The van der Waals surface area contributed by atoms with E-state index in [0.717, 1.165) is 11.1 Å². The second-order valence-electron chi connectivity index (χ2n) is 7.04. The van der Waals surface area contributed by atoms with Gasteiger partial charge in [0.05, 0.1) is 17.0 Å². The summed E-state index contributed by atoms with van der Waals surface area (Å²) in [5, 5.41) is 1.11. The molecule has 0 fully saturated rings. The van der Waals surface area contributed by atoms with E-state index >= 15 is 0 Å². The van der Waals surface area contributed by atoms with Gasteiger partial charge in [-0.2, -0.15) is 0 Å². The Morgan fingerprint density at radius 3 is 2.31 bits per heavy atom. The summed E-state index contributed by atoms with van der Waals surface area (Å²) in [5.41, 5.74) is 2.45. The SMILES string of the molecule is O=C1c2oc3ccccc3c(=O)c2C(c2ccccc2)N1Cc1ccc(Cl)cc1. The maximum absolute atomic E-state index is 13.3. The Balaban J connectivity index is 1.71. The van der Waals surface area contributed by atoms with Crippen molar-refractivity contribution in [3.63, 3.8) is 0 Å². The molecule has 1 aliphatic rings. The minimum atomic E-state index is -0.504. The highest BCUT2D eigenvalue weighted by atomic mass is 35.5.